The molecule has 4 rings (SSSR count). The van der Waals surface area contributed by atoms with Gasteiger partial charge in [0.15, 0.2) is 5.13 Å². The third-order valence-corrected chi connectivity index (χ3v) is 4.95. The average Bonchev–Trinajstić information content (AvgIpc) is 3.40. The van der Waals surface area contributed by atoms with Crippen molar-refractivity contribution in [1.82, 2.24) is 25.2 Å². The van der Waals surface area contributed by atoms with Gasteiger partial charge in [0.05, 0.1) is 23.5 Å². The Morgan fingerprint density at radius 1 is 1.25 bits per heavy atom. The molecule has 1 N–H and O–H groups in total. The molecule has 0 saturated heterocycles. The molecular formula is C18H13ClN6O2S. The van der Waals surface area contributed by atoms with Gasteiger partial charge < -0.3 is 4.74 Å². The highest BCUT2D eigenvalue weighted by atomic mass is 35.5. The lowest BCUT2D eigenvalue weighted by Crippen LogP contribution is -2.12. The van der Waals surface area contributed by atoms with Gasteiger partial charge in [0, 0.05) is 16.5 Å². The van der Waals surface area contributed by atoms with Gasteiger partial charge in [-0.15, -0.1) is 16.4 Å². The number of ether oxygens (including phenoxy) is 1. The predicted molar refractivity (Wildman–Crippen MR) is 106 cm³/mol. The second-order valence-corrected chi connectivity index (χ2v) is 6.91. The number of aromatic nitrogens is 5. The largest absolute Gasteiger partial charge is 0.495 e. The third-order valence-electron chi connectivity index (χ3n) is 3.89. The number of nitrogens with zero attached hydrogens (tertiary/aromatic N) is 5. The molecule has 0 atom stereocenters. The number of halogens is 1. The van der Waals surface area contributed by atoms with Crippen molar-refractivity contribution in [3.63, 3.8) is 0 Å². The van der Waals surface area contributed by atoms with E-state index in [1.807, 2.05) is 17.5 Å². The summed E-state index contributed by atoms with van der Waals surface area (Å²) in [4.78, 5) is 17.0. The first-order valence-electron chi connectivity index (χ1n) is 8.08. The van der Waals surface area contributed by atoms with Crippen LogP contribution in [0.5, 0.6) is 5.75 Å². The molecular weight excluding hydrogens is 400 g/mol. The number of carbonyl (C=O) groups excluding carboxylic acids is 1. The molecule has 0 bridgehead atoms. The fourth-order valence-electron chi connectivity index (χ4n) is 2.53. The zero-order valence-electron chi connectivity index (χ0n) is 14.5. The number of methoxy groups -OCH3 is 1. The van der Waals surface area contributed by atoms with Crippen LogP contribution in [0.15, 0.2) is 54.2 Å². The van der Waals surface area contributed by atoms with Gasteiger partial charge in [-0.25, -0.2) is 9.67 Å². The molecule has 28 heavy (non-hydrogen) atoms. The van der Waals surface area contributed by atoms with Crippen molar-refractivity contribution in [2.24, 2.45) is 0 Å². The summed E-state index contributed by atoms with van der Waals surface area (Å²) < 4.78 is 6.64. The van der Waals surface area contributed by atoms with E-state index in [9.17, 15) is 4.79 Å². The maximum atomic E-state index is 12.6. The smallest absolute Gasteiger partial charge is 0.257 e. The minimum atomic E-state index is -0.274. The lowest BCUT2D eigenvalue weighted by atomic mass is 10.2. The topological polar surface area (TPSA) is 94.8 Å². The fraction of sp³-hybridized carbons (Fsp3) is 0.0556. The van der Waals surface area contributed by atoms with Crippen LogP contribution in [-0.2, 0) is 0 Å². The molecule has 0 aliphatic heterocycles. The van der Waals surface area contributed by atoms with Gasteiger partial charge in [-0.05, 0) is 46.8 Å². The molecule has 140 valence electrons. The predicted octanol–water partition coefficient (Wildman–Crippen LogP) is 3.70. The summed E-state index contributed by atoms with van der Waals surface area (Å²) in [5.41, 5.74) is 2.71. The molecule has 0 fully saturated rings. The molecule has 2 heterocycles. The molecule has 8 nitrogen and oxygen atoms in total. The summed E-state index contributed by atoms with van der Waals surface area (Å²) in [6.45, 7) is 0. The van der Waals surface area contributed by atoms with E-state index in [1.54, 1.807) is 37.4 Å². The number of carbonyl (C=O) groups is 1. The van der Waals surface area contributed by atoms with Crippen LogP contribution in [-0.4, -0.2) is 38.2 Å². The van der Waals surface area contributed by atoms with Crippen molar-refractivity contribution in [1.29, 1.82) is 0 Å². The number of hydrogen-bond donors (Lipinski definition) is 1. The maximum absolute atomic E-state index is 12.6. The first-order chi connectivity index (χ1) is 13.6. The van der Waals surface area contributed by atoms with Crippen LogP contribution < -0.4 is 10.1 Å². The zero-order chi connectivity index (χ0) is 19.5. The van der Waals surface area contributed by atoms with Crippen LogP contribution >= 0.6 is 22.9 Å². The van der Waals surface area contributed by atoms with Gasteiger partial charge in [0.1, 0.15) is 12.1 Å². The highest BCUT2D eigenvalue weighted by Crippen LogP contribution is 2.31. The van der Waals surface area contributed by atoms with E-state index < -0.39 is 0 Å². The van der Waals surface area contributed by atoms with Crippen molar-refractivity contribution in [2.75, 3.05) is 12.4 Å². The summed E-state index contributed by atoms with van der Waals surface area (Å²) in [5.74, 6) is 0.320. The Hall–Kier alpha value is -3.30. The van der Waals surface area contributed by atoms with Gasteiger partial charge in [0.2, 0.25) is 0 Å². The number of rotatable bonds is 5. The lowest BCUT2D eigenvalue weighted by molar-refractivity contribution is 0.102. The highest BCUT2D eigenvalue weighted by molar-refractivity contribution is 7.14. The van der Waals surface area contributed by atoms with Gasteiger partial charge in [-0.2, -0.15) is 0 Å². The lowest BCUT2D eigenvalue weighted by Gasteiger charge is -2.05. The van der Waals surface area contributed by atoms with E-state index in [0.717, 1.165) is 5.56 Å². The van der Waals surface area contributed by atoms with E-state index in [2.05, 4.69) is 25.8 Å². The van der Waals surface area contributed by atoms with Crippen LogP contribution in [0.2, 0.25) is 5.02 Å². The number of hydrogen-bond acceptors (Lipinski definition) is 7. The number of anilines is 1. The Kier molecular flexibility index (Phi) is 5.00. The molecule has 0 unspecified atom stereocenters. The zero-order valence-corrected chi connectivity index (χ0v) is 16.1. The number of nitrogens with one attached hydrogen (secondary N) is 1. The fourth-order valence-corrected chi connectivity index (χ4v) is 3.50. The maximum Gasteiger partial charge on any atom is 0.257 e. The molecule has 0 radical (unpaired) electrons. The quantitative estimate of drug-likeness (QED) is 0.537. The highest BCUT2D eigenvalue weighted by Gasteiger charge is 2.12. The Labute approximate surface area is 168 Å². The first kappa shape index (κ1) is 18.1. The summed E-state index contributed by atoms with van der Waals surface area (Å²) in [7, 11) is 1.56. The molecule has 1 amide bonds. The summed E-state index contributed by atoms with van der Waals surface area (Å²) in [6, 6.07) is 12.4. The van der Waals surface area contributed by atoms with Crippen LogP contribution in [0, 0.1) is 0 Å². The van der Waals surface area contributed by atoms with Crippen molar-refractivity contribution < 1.29 is 9.53 Å². The van der Waals surface area contributed by atoms with Crippen molar-refractivity contribution in [3.05, 3.63) is 64.8 Å². The molecule has 0 aliphatic rings. The summed E-state index contributed by atoms with van der Waals surface area (Å²) >= 11 is 7.50. The van der Waals surface area contributed by atoms with Crippen LogP contribution in [0.4, 0.5) is 5.13 Å². The van der Waals surface area contributed by atoms with Crippen LogP contribution in [0.1, 0.15) is 10.4 Å². The normalized spacial score (nSPS) is 10.6. The standard InChI is InChI=1S/C18H13ClN6O2S/c1-27-16-6-5-11(8-14(16)19)15-9-28-18(21-15)22-17(26)12-3-2-4-13(7-12)25-10-20-23-24-25/h2-10H,1H3,(H,21,22,26). The average molecular weight is 413 g/mol. The Morgan fingerprint density at radius 2 is 2.14 bits per heavy atom. The van der Waals surface area contributed by atoms with Crippen molar-refractivity contribution in [2.45, 2.75) is 0 Å². The van der Waals surface area contributed by atoms with E-state index >= 15 is 0 Å². The summed E-state index contributed by atoms with van der Waals surface area (Å²) in [5, 5.41) is 16.7. The number of thiazole rings is 1. The Bertz CT molecular complexity index is 1130. The minimum absolute atomic E-state index is 0.274. The third kappa shape index (κ3) is 3.71. The van der Waals surface area contributed by atoms with E-state index in [0.29, 0.717) is 32.8 Å². The molecule has 0 aliphatic carbocycles. The number of tetrazole rings is 1. The van der Waals surface area contributed by atoms with E-state index in [4.69, 9.17) is 16.3 Å². The van der Waals surface area contributed by atoms with E-state index in [-0.39, 0.29) is 5.91 Å². The molecule has 0 saturated carbocycles. The molecule has 0 spiro atoms. The van der Waals surface area contributed by atoms with Gasteiger partial charge in [0.25, 0.3) is 5.91 Å². The first-order valence-corrected chi connectivity index (χ1v) is 9.34. The van der Waals surface area contributed by atoms with Crippen molar-refractivity contribution >= 4 is 34.0 Å². The van der Waals surface area contributed by atoms with E-state index in [1.165, 1.54) is 22.3 Å². The number of benzene rings is 2. The molecule has 10 heteroatoms. The Morgan fingerprint density at radius 3 is 2.89 bits per heavy atom. The molecule has 4 aromatic rings. The second kappa shape index (κ2) is 7.75. The van der Waals surface area contributed by atoms with Gasteiger partial charge in [-0.3, -0.25) is 10.1 Å². The van der Waals surface area contributed by atoms with Gasteiger partial charge >= 0.3 is 0 Å². The molecule has 2 aromatic heterocycles. The summed E-state index contributed by atoms with van der Waals surface area (Å²) in [6.07, 6.45) is 1.46. The minimum Gasteiger partial charge on any atom is -0.495 e. The van der Waals surface area contributed by atoms with Crippen LogP contribution in [0.25, 0.3) is 16.9 Å². The van der Waals surface area contributed by atoms with Gasteiger partial charge in [-0.1, -0.05) is 17.7 Å². The molecule has 2 aromatic carbocycles. The number of amides is 1. The van der Waals surface area contributed by atoms with Crippen LogP contribution in [0.3, 0.4) is 0 Å². The Balaban J connectivity index is 1.52. The monoisotopic (exact) mass is 412 g/mol. The SMILES string of the molecule is COc1ccc(-c2csc(NC(=O)c3cccc(-n4cnnn4)c3)n2)cc1Cl. The second-order valence-electron chi connectivity index (χ2n) is 5.65. The van der Waals surface area contributed by atoms with Crippen molar-refractivity contribution in [3.8, 4) is 22.7 Å².